The quantitative estimate of drug-likeness (QED) is 0.853. The van der Waals surface area contributed by atoms with Gasteiger partial charge < -0.3 is 10.3 Å². The van der Waals surface area contributed by atoms with E-state index < -0.39 is 5.51 Å². The number of hydrogen-bond acceptors (Lipinski definition) is 2. The third-order valence-electron chi connectivity index (χ3n) is 1.86. The molecule has 0 saturated heterocycles. The molecule has 1 heterocycles. The van der Waals surface area contributed by atoms with Gasteiger partial charge in [0.05, 0.1) is 0 Å². The number of hydrogen-bond donors (Lipinski definition) is 1. The lowest BCUT2D eigenvalue weighted by atomic mass is 10.2. The topological polar surface area (TPSA) is 30.9 Å². The molecule has 0 aliphatic carbocycles. The number of nitrogens with zero attached hydrogens (tertiary/aromatic N) is 1. The lowest BCUT2D eigenvalue weighted by Crippen LogP contribution is -2.06. The van der Waals surface area contributed by atoms with Gasteiger partial charge in [0.1, 0.15) is 0 Å². The van der Waals surface area contributed by atoms with E-state index in [9.17, 15) is 13.2 Å². The number of aryl methyl sites for hydroxylation is 1. The van der Waals surface area contributed by atoms with E-state index in [1.54, 1.807) is 10.8 Å². The van der Waals surface area contributed by atoms with Crippen LogP contribution in [0.1, 0.15) is 5.56 Å². The van der Waals surface area contributed by atoms with Crippen LogP contribution in [0.25, 0.3) is 0 Å². The zero-order chi connectivity index (χ0) is 11.3. The first-order chi connectivity index (χ1) is 7.01. The number of halogens is 3. The van der Waals surface area contributed by atoms with Crippen molar-refractivity contribution in [2.75, 3.05) is 12.3 Å². The molecule has 0 spiro atoms. The van der Waals surface area contributed by atoms with E-state index in [1.165, 1.54) is 0 Å². The zero-order valence-corrected chi connectivity index (χ0v) is 8.94. The summed E-state index contributed by atoms with van der Waals surface area (Å²) in [4.78, 5) is 0. The molecule has 2 N–H and O–H groups in total. The fraction of sp³-hybridized carbons (Fsp3) is 0.556. The van der Waals surface area contributed by atoms with Gasteiger partial charge in [-0.3, -0.25) is 0 Å². The predicted octanol–water partition coefficient (Wildman–Crippen LogP) is 2.24. The smallest absolute Gasteiger partial charge is 0.353 e. The summed E-state index contributed by atoms with van der Waals surface area (Å²) in [6, 6.07) is 1.88. The summed E-state index contributed by atoms with van der Waals surface area (Å²) >= 11 is 0.00549. The molecular formula is C9H13F3N2S. The summed E-state index contributed by atoms with van der Waals surface area (Å²) in [7, 11) is 0. The number of nitrogens with two attached hydrogens (primary N) is 1. The highest BCUT2D eigenvalue weighted by atomic mass is 32.2. The maximum Gasteiger partial charge on any atom is 0.441 e. The van der Waals surface area contributed by atoms with Crippen LogP contribution in [0.2, 0.25) is 0 Å². The molecule has 2 nitrogen and oxygen atoms in total. The third kappa shape index (κ3) is 5.13. The average Bonchev–Trinajstić information content (AvgIpc) is 2.51. The van der Waals surface area contributed by atoms with Crippen LogP contribution in [0.4, 0.5) is 13.2 Å². The van der Waals surface area contributed by atoms with E-state index in [0.29, 0.717) is 13.1 Å². The normalized spacial score (nSPS) is 12.0. The van der Waals surface area contributed by atoms with E-state index in [2.05, 4.69) is 0 Å². The molecule has 0 bridgehead atoms. The van der Waals surface area contributed by atoms with Crippen LogP contribution in [-0.4, -0.2) is 22.4 Å². The molecule has 0 radical (unpaired) electrons. The molecule has 6 heteroatoms. The predicted molar refractivity (Wildman–Crippen MR) is 55.7 cm³/mol. The average molecular weight is 238 g/mol. The molecule has 1 rings (SSSR count). The molecule has 86 valence electrons. The van der Waals surface area contributed by atoms with Crippen molar-refractivity contribution in [3.63, 3.8) is 0 Å². The van der Waals surface area contributed by atoms with Crippen LogP contribution >= 0.6 is 11.8 Å². The highest BCUT2D eigenvalue weighted by Crippen LogP contribution is 2.29. The molecule has 0 unspecified atom stereocenters. The van der Waals surface area contributed by atoms with E-state index in [4.69, 9.17) is 5.73 Å². The molecule has 0 aliphatic rings. The molecule has 0 aromatic carbocycles. The first-order valence-electron chi connectivity index (χ1n) is 4.56. The van der Waals surface area contributed by atoms with Crippen LogP contribution in [0.15, 0.2) is 18.5 Å². The SMILES string of the molecule is NCCc1ccn(CCSC(F)(F)F)c1. The van der Waals surface area contributed by atoms with Gasteiger partial charge in [-0.25, -0.2) is 0 Å². The van der Waals surface area contributed by atoms with Gasteiger partial charge in [-0.1, -0.05) is 0 Å². The number of aromatic nitrogens is 1. The molecule has 0 saturated carbocycles. The molecule has 15 heavy (non-hydrogen) atoms. The van der Waals surface area contributed by atoms with Crippen LogP contribution in [0.5, 0.6) is 0 Å². The Labute approximate surface area is 90.6 Å². The van der Waals surface area contributed by atoms with Crippen molar-refractivity contribution < 1.29 is 13.2 Å². The summed E-state index contributed by atoms with van der Waals surface area (Å²) in [6.07, 6.45) is 4.38. The van der Waals surface area contributed by atoms with Gasteiger partial charge in [-0.2, -0.15) is 13.2 Å². The van der Waals surface area contributed by atoms with Crippen LogP contribution in [-0.2, 0) is 13.0 Å². The summed E-state index contributed by atoms with van der Waals surface area (Å²) < 4.78 is 37.2. The zero-order valence-electron chi connectivity index (χ0n) is 8.13. The van der Waals surface area contributed by atoms with Crippen LogP contribution < -0.4 is 5.73 Å². The Hall–Kier alpha value is -0.620. The Morgan fingerprint density at radius 3 is 2.73 bits per heavy atom. The fourth-order valence-corrected chi connectivity index (χ4v) is 1.74. The van der Waals surface area contributed by atoms with Gasteiger partial charge >= 0.3 is 5.51 Å². The Bertz CT molecular complexity index is 296. The molecule has 0 atom stereocenters. The van der Waals surface area contributed by atoms with E-state index in [1.807, 2.05) is 12.3 Å². The second-order valence-corrected chi connectivity index (χ2v) is 4.25. The van der Waals surface area contributed by atoms with E-state index >= 15 is 0 Å². The molecule has 1 aromatic heterocycles. The van der Waals surface area contributed by atoms with Crippen molar-refractivity contribution in [2.45, 2.75) is 18.5 Å². The molecule has 1 aromatic rings. The lowest BCUT2D eigenvalue weighted by molar-refractivity contribution is -0.0328. The first-order valence-corrected chi connectivity index (χ1v) is 5.55. The van der Waals surface area contributed by atoms with Crippen molar-refractivity contribution in [2.24, 2.45) is 5.73 Å². The maximum absolute atomic E-state index is 11.8. The van der Waals surface area contributed by atoms with Crippen LogP contribution in [0, 0.1) is 0 Å². The van der Waals surface area contributed by atoms with Gasteiger partial charge in [0.25, 0.3) is 0 Å². The molecular weight excluding hydrogens is 225 g/mol. The van der Waals surface area contributed by atoms with Gasteiger partial charge in [0.15, 0.2) is 0 Å². The van der Waals surface area contributed by atoms with Crippen molar-refractivity contribution >= 4 is 11.8 Å². The minimum Gasteiger partial charge on any atom is -0.353 e. The minimum absolute atomic E-state index is 0.00549. The number of rotatable bonds is 5. The highest BCUT2D eigenvalue weighted by Gasteiger charge is 2.27. The van der Waals surface area contributed by atoms with Crippen molar-refractivity contribution in [3.8, 4) is 0 Å². The summed E-state index contributed by atoms with van der Waals surface area (Å²) in [5.41, 5.74) is 2.30. The molecule has 0 fully saturated rings. The largest absolute Gasteiger partial charge is 0.441 e. The van der Waals surface area contributed by atoms with Gasteiger partial charge in [0.2, 0.25) is 0 Å². The third-order valence-corrected chi connectivity index (χ3v) is 2.57. The number of thioether (sulfide) groups is 1. The summed E-state index contributed by atoms with van der Waals surface area (Å²) in [6.45, 7) is 0.927. The van der Waals surface area contributed by atoms with Gasteiger partial charge in [-0.05, 0) is 36.4 Å². The Morgan fingerprint density at radius 2 is 2.13 bits per heavy atom. The Morgan fingerprint density at radius 1 is 1.40 bits per heavy atom. The van der Waals surface area contributed by atoms with Crippen molar-refractivity contribution in [1.82, 2.24) is 4.57 Å². The number of alkyl halides is 3. The first kappa shape index (κ1) is 12.4. The van der Waals surface area contributed by atoms with Gasteiger partial charge in [-0.15, -0.1) is 0 Å². The molecule has 0 aliphatic heterocycles. The Kier molecular flexibility index (Phi) is 4.53. The minimum atomic E-state index is -4.13. The fourth-order valence-electron chi connectivity index (χ4n) is 1.21. The summed E-state index contributed by atoms with van der Waals surface area (Å²) in [5, 5.41) is 0. The van der Waals surface area contributed by atoms with E-state index in [-0.39, 0.29) is 17.5 Å². The highest BCUT2D eigenvalue weighted by molar-refractivity contribution is 8.00. The Balaban J connectivity index is 2.31. The van der Waals surface area contributed by atoms with Gasteiger partial charge in [0, 0.05) is 24.7 Å². The van der Waals surface area contributed by atoms with Crippen LogP contribution in [0.3, 0.4) is 0 Å². The lowest BCUT2D eigenvalue weighted by Gasteiger charge is -2.05. The molecule has 0 amide bonds. The standard InChI is InChI=1S/C9H13F3N2S/c10-9(11,12)15-6-5-14-4-2-8(7-14)1-3-13/h2,4,7H,1,3,5-6,13H2. The van der Waals surface area contributed by atoms with E-state index in [0.717, 1.165) is 12.0 Å². The van der Waals surface area contributed by atoms with Crippen molar-refractivity contribution in [1.29, 1.82) is 0 Å². The monoisotopic (exact) mass is 238 g/mol. The van der Waals surface area contributed by atoms with Crippen molar-refractivity contribution in [3.05, 3.63) is 24.0 Å². The second kappa shape index (κ2) is 5.46. The second-order valence-electron chi connectivity index (χ2n) is 3.09. The maximum atomic E-state index is 11.8. The summed E-state index contributed by atoms with van der Waals surface area (Å²) in [5.74, 6) is 0.0419.